The van der Waals surface area contributed by atoms with Crippen molar-refractivity contribution in [1.82, 2.24) is 15.0 Å². The number of nitrogens with one attached hydrogen (secondary N) is 1. The number of thiol groups is 1. The highest BCUT2D eigenvalue weighted by atomic mass is 35.5. The molecule has 104 valence electrons. The van der Waals surface area contributed by atoms with Crippen LogP contribution in [0.4, 0.5) is 11.9 Å². The smallest absolute Gasteiger partial charge is 0.229 e. The van der Waals surface area contributed by atoms with Gasteiger partial charge in [-0.25, -0.2) is 0 Å². The van der Waals surface area contributed by atoms with E-state index in [0.717, 1.165) is 0 Å². The number of rotatable bonds is 3. The van der Waals surface area contributed by atoms with Gasteiger partial charge in [0.25, 0.3) is 0 Å². The van der Waals surface area contributed by atoms with Crippen molar-refractivity contribution in [2.45, 2.75) is 17.2 Å². The van der Waals surface area contributed by atoms with Crippen molar-refractivity contribution in [1.29, 1.82) is 0 Å². The van der Waals surface area contributed by atoms with Gasteiger partial charge in [-0.15, -0.1) is 0 Å². The molecule has 0 bridgehead atoms. The Hall–Kier alpha value is -1.79. The highest BCUT2D eigenvalue weighted by Gasteiger charge is 2.20. The van der Waals surface area contributed by atoms with Crippen LogP contribution in [0.1, 0.15) is 12.5 Å². The molecule has 0 spiro atoms. The van der Waals surface area contributed by atoms with Gasteiger partial charge in [0.1, 0.15) is 0 Å². The van der Waals surface area contributed by atoms with Crippen molar-refractivity contribution in [2.24, 2.45) is 0 Å². The van der Waals surface area contributed by atoms with E-state index in [1.165, 1.54) is 10.5 Å². The minimum atomic E-state index is -0.441. The predicted octanol–water partition coefficient (Wildman–Crippen LogP) is 2.91. The number of nitrogen functional groups attached to an aromatic ring is 1. The summed E-state index contributed by atoms with van der Waals surface area (Å²) in [6, 6.07) is 8.39. The topological polar surface area (TPSA) is 76.7 Å². The molecule has 0 radical (unpaired) electrons. The number of nitrogens with two attached hydrogens (primary N) is 1. The largest absolute Gasteiger partial charge is 0.368 e. The number of benzene rings is 1. The summed E-state index contributed by atoms with van der Waals surface area (Å²) in [5.74, 6) is 0.533. The van der Waals surface area contributed by atoms with Crippen molar-refractivity contribution < 1.29 is 0 Å². The minimum Gasteiger partial charge on any atom is -0.368 e. The first-order chi connectivity index (χ1) is 9.63. The second kappa shape index (κ2) is 5.30. The van der Waals surface area contributed by atoms with E-state index in [1.807, 2.05) is 6.07 Å². The maximum absolute atomic E-state index is 5.78. The summed E-state index contributed by atoms with van der Waals surface area (Å²) in [4.78, 5) is 13.2. The van der Waals surface area contributed by atoms with E-state index in [2.05, 4.69) is 56.9 Å². The molecule has 3 N–H and O–H groups in total. The Morgan fingerprint density at radius 1 is 1.25 bits per heavy atom. The van der Waals surface area contributed by atoms with Crippen LogP contribution in [0.15, 0.2) is 34.6 Å². The molecule has 1 aromatic heterocycles. The summed E-state index contributed by atoms with van der Waals surface area (Å²) in [6.45, 7) is 2.10. The van der Waals surface area contributed by atoms with Crippen LogP contribution in [0.5, 0.6) is 0 Å². The van der Waals surface area contributed by atoms with E-state index < -0.39 is 10.9 Å². The highest BCUT2D eigenvalue weighted by molar-refractivity contribution is 8.20. The van der Waals surface area contributed by atoms with E-state index in [-0.39, 0.29) is 16.6 Å². The Morgan fingerprint density at radius 2 is 2.05 bits per heavy atom. The van der Waals surface area contributed by atoms with Gasteiger partial charge in [0.05, 0.1) is 5.37 Å². The summed E-state index contributed by atoms with van der Waals surface area (Å²) in [7, 11) is -0.441. The lowest BCUT2D eigenvalue weighted by molar-refractivity contribution is 1.00. The zero-order chi connectivity index (χ0) is 14.1. The van der Waals surface area contributed by atoms with E-state index >= 15 is 0 Å². The van der Waals surface area contributed by atoms with Gasteiger partial charge in [0.15, 0.2) is 0 Å². The van der Waals surface area contributed by atoms with Crippen LogP contribution in [0.25, 0.3) is 6.08 Å². The maximum atomic E-state index is 5.78. The van der Waals surface area contributed by atoms with Gasteiger partial charge in [-0.05, 0) is 46.5 Å². The van der Waals surface area contributed by atoms with Gasteiger partial charge in [0, 0.05) is 0 Å². The fraction of sp³-hybridized carbons (Fsp3) is 0.154. The normalized spacial score (nSPS) is 19.6. The molecule has 0 aliphatic carbocycles. The molecule has 0 saturated heterocycles. The molecule has 7 heteroatoms. The van der Waals surface area contributed by atoms with Crippen molar-refractivity contribution in [3.05, 3.63) is 40.5 Å². The molecule has 2 aromatic rings. The molecular weight excluding hydrogens is 294 g/mol. The Labute approximate surface area is 124 Å². The molecule has 3 rings (SSSR count). The number of aromatic nitrogens is 3. The quantitative estimate of drug-likeness (QED) is 0.760. The minimum absolute atomic E-state index is 0.0994. The summed E-state index contributed by atoms with van der Waals surface area (Å²) in [6.07, 6.45) is 2.16. The molecule has 20 heavy (non-hydrogen) atoms. The molecule has 1 aliphatic heterocycles. The predicted molar refractivity (Wildman–Crippen MR) is 85.1 cm³/mol. The van der Waals surface area contributed by atoms with Gasteiger partial charge >= 0.3 is 0 Å². The second-order valence-corrected chi connectivity index (χ2v) is 7.10. The van der Waals surface area contributed by atoms with Crippen molar-refractivity contribution in [3.63, 3.8) is 0 Å². The lowest BCUT2D eigenvalue weighted by Crippen LogP contribution is -2.17. The third-order valence-corrected chi connectivity index (χ3v) is 5.58. The third kappa shape index (κ3) is 2.57. The maximum Gasteiger partial charge on any atom is 0.229 e. The molecule has 5 nitrogen and oxygen atoms in total. The van der Waals surface area contributed by atoms with Crippen LogP contribution >= 0.6 is 22.5 Å². The van der Waals surface area contributed by atoms with Gasteiger partial charge in [-0.3, -0.25) is 0 Å². The third-order valence-electron chi connectivity index (χ3n) is 3.01. The van der Waals surface area contributed by atoms with Crippen LogP contribution in [0.3, 0.4) is 0 Å². The van der Waals surface area contributed by atoms with Crippen LogP contribution in [-0.4, -0.2) is 20.3 Å². The van der Waals surface area contributed by atoms with Crippen LogP contribution in [-0.2, 0) is 0 Å². The highest BCUT2D eigenvalue weighted by Crippen LogP contribution is 2.49. The van der Waals surface area contributed by atoms with Gasteiger partial charge in [-0.1, -0.05) is 18.2 Å². The molecule has 1 aromatic carbocycles. The Balaban J connectivity index is 1.81. The lowest BCUT2D eigenvalue weighted by atomic mass is 10.2. The standard InChI is InChI=1S/C13H14ClN5S/c1-8(16-13-18-11(14)17-12(15)19-13)20-7-6-9-4-2-3-5-10(9)20/h2-8,20H,1H3,(H3,15,16,17,18,19). The first-order valence-corrected chi connectivity index (χ1v) is 7.98. The van der Waals surface area contributed by atoms with Crippen molar-refractivity contribution >= 4 is 40.5 Å². The number of hydrogen-bond acceptors (Lipinski definition) is 5. The Bertz CT molecular complexity index is 655. The number of fused-ring (bicyclic) bond motifs is 1. The van der Waals surface area contributed by atoms with Crippen molar-refractivity contribution in [2.75, 3.05) is 11.1 Å². The molecule has 1 aliphatic rings. The fourth-order valence-corrected chi connectivity index (χ4v) is 4.41. The van der Waals surface area contributed by atoms with Crippen LogP contribution in [0, 0.1) is 0 Å². The molecule has 2 atom stereocenters. The van der Waals surface area contributed by atoms with Crippen molar-refractivity contribution in [3.8, 4) is 0 Å². The summed E-state index contributed by atoms with van der Waals surface area (Å²) in [5, 5.41) is 5.78. The summed E-state index contributed by atoms with van der Waals surface area (Å²) < 4.78 is 0. The molecule has 0 amide bonds. The second-order valence-electron chi connectivity index (χ2n) is 4.39. The van der Waals surface area contributed by atoms with E-state index in [4.69, 9.17) is 17.3 Å². The zero-order valence-corrected chi connectivity index (χ0v) is 12.4. The fourth-order valence-electron chi connectivity index (χ4n) is 2.13. The van der Waals surface area contributed by atoms with E-state index in [0.29, 0.717) is 5.95 Å². The molecule has 2 unspecified atom stereocenters. The zero-order valence-electron chi connectivity index (χ0n) is 10.8. The SMILES string of the molecule is CC(Nc1nc(N)nc(Cl)n1)[SH]1C=Cc2ccccc21. The van der Waals surface area contributed by atoms with Gasteiger partial charge < -0.3 is 11.1 Å². The Morgan fingerprint density at radius 3 is 2.85 bits per heavy atom. The number of anilines is 2. The molecular formula is C13H14ClN5S. The first-order valence-electron chi connectivity index (χ1n) is 6.12. The number of nitrogens with zero attached hydrogens (tertiary/aromatic N) is 3. The summed E-state index contributed by atoms with van der Waals surface area (Å²) >= 11 is 5.78. The van der Waals surface area contributed by atoms with E-state index in [1.54, 1.807) is 0 Å². The Kier molecular flexibility index (Phi) is 3.50. The van der Waals surface area contributed by atoms with Crippen LogP contribution < -0.4 is 11.1 Å². The average molecular weight is 308 g/mol. The molecule has 2 heterocycles. The van der Waals surface area contributed by atoms with Crippen LogP contribution in [0.2, 0.25) is 5.28 Å². The number of hydrogen-bond donors (Lipinski definition) is 3. The monoisotopic (exact) mass is 307 g/mol. The van der Waals surface area contributed by atoms with Gasteiger partial charge in [0.2, 0.25) is 17.2 Å². The average Bonchev–Trinajstić information content (AvgIpc) is 2.81. The molecule has 0 fully saturated rings. The summed E-state index contributed by atoms with van der Waals surface area (Å²) in [5.41, 5.74) is 6.85. The lowest BCUT2D eigenvalue weighted by Gasteiger charge is -2.24. The first kappa shape index (κ1) is 13.2. The number of halogens is 1. The molecule has 0 saturated carbocycles. The van der Waals surface area contributed by atoms with E-state index in [9.17, 15) is 0 Å². The van der Waals surface area contributed by atoms with Gasteiger partial charge in [-0.2, -0.15) is 25.8 Å².